The van der Waals surface area contributed by atoms with Gasteiger partial charge in [-0.15, -0.1) is 0 Å². The molecular weight excluding hydrogens is 299 g/mol. The van der Waals surface area contributed by atoms with Crippen molar-refractivity contribution in [1.82, 2.24) is 14.9 Å². The molecule has 6 heteroatoms. The number of likely N-dealkylation sites (tertiary alicyclic amines) is 1. The summed E-state index contributed by atoms with van der Waals surface area (Å²) >= 11 is 0. The number of piperidine rings is 1. The summed E-state index contributed by atoms with van der Waals surface area (Å²) < 4.78 is 0. The Balaban J connectivity index is 1.70. The Labute approximate surface area is 142 Å². The molecule has 0 aliphatic carbocycles. The summed E-state index contributed by atoms with van der Waals surface area (Å²) in [5.74, 6) is 2.89. The largest absolute Gasteiger partial charge is 0.320 e. The molecule has 0 amide bonds. The normalized spacial score (nSPS) is 16.2. The second kappa shape index (κ2) is 7.19. The number of H-pyrrole nitrogens is 1. The van der Waals surface area contributed by atoms with Crippen LogP contribution in [-0.4, -0.2) is 34.7 Å². The molecule has 3 heterocycles. The summed E-state index contributed by atoms with van der Waals surface area (Å²) in [6.07, 6.45) is 4.77. The Kier molecular flexibility index (Phi) is 5.01. The van der Waals surface area contributed by atoms with Crippen LogP contribution >= 0.6 is 0 Å². The van der Waals surface area contributed by atoms with E-state index in [4.69, 9.17) is 5.26 Å². The average Bonchev–Trinajstić information content (AvgIpc) is 2.61. The molecule has 1 aliphatic rings. The third-order valence-corrected chi connectivity index (χ3v) is 5.16. The minimum atomic E-state index is -0.0183. The van der Waals surface area contributed by atoms with Gasteiger partial charge < -0.3 is 4.98 Å². The van der Waals surface area contributed by atoms with Crippen molar-refractivity contribution in [2.75, 3.05) is 13.1 Å². The average molecular weight is 322 g/mol. The number of nitrogens with one attached hydrogen (secondary N) is 1. The predicted octanol–water partition coefficient (Wildman–Crippen LogP) is 2.64. The quantitative estimate of drug-likeness (QED) is 0.878. The van der Waals surface area contributed by atoms with Gasteiger partial charge in [0, 0.05) is 24.3 Å². The summed E-state index contributed by atoms with van der Waals surface area (Å²) in [6, 6.07) is 3.92. The van der Waals surface area contributed by atoms with Crippen LogP contribution in [-0.2, 0) is 13.0 Å². The highest BCUT2D eigenvalue weighted by Gasteiger charge is 2.26. The molecule has 1 saturated heterocycles. The van der Waals surface area contributed by atoms with Crippen molar-refractivity contribution in [3.63, 3.8) is 0 Å². The molecule has 5 nitrogen and oxygen atoms in total. The molecule has 0 spiro atoms. The maximum Gasteiger partial charge on any atom is 0.267 e. The first-order valence-corrected chi connectivity index (χ1v) is 8.73. The van der Waals surface area contributed by atoms with Crippen molar-refractivity contribution in [2.45, 2.75) is 45.4 Å². The van der Waals surface area contributed by atoms with Crippen molar-refractivity contribution < 1.29 is 0 Å². The van der Waals surface area contributed by atoms with Crippen molar-refractivity contribution in [1.29, 1.82) is 5.26 Å². The molecule has 24 heavy (non-hydrogen) atoms. The van der Waals surface area contributed by atoms with Crippen LogP contribution in [0, 0.1) is 11.2 Å². The Hall–Kier alpha value is -2.13. The lowest BCUT2D eigenvalue weighted by atomic mass is 9.42. The molecule has 0 radical (unpaired) electrons. The van der Waals surface area contributed by atoms with Gasteiger partial charge in [0.2, 0.25) is 0 Å². The van der Waals surface area contributed by atoms with Gasteiger partial charge in [0.15, 0.2) is 0 Å². The summed E-state index contributed by atoms with van der Waals surface area (Å²) in [5.41, 5.74) is 3.53. The van der Waals surface area contributed by atoms with Crippen molar-refractivity contribution in [3.05, 3.63) is 39.8 Å². The van der Waals surface area contributed by atoms with E-state index >= 15 is 0 Å². The van der Waals surface area contributed by atoms with Crippen LogP contribution in [0.25, 0.3) is 11.0 Å². The van der Waals surface area contributed by atoms with Crippen LogP contribution in [0.15, 0.2) is 23.1 Å². The number of hydrogen-bond acceptors (Lipinski definition) is 4. The summed E-state index contributed by atoms with van der Waals surface area (Å²) in [4.78, 5) is 21.8. The summed E-state index contributed by atoms with van der Waals surface area (Å²) in [7, 11) is 0. The molecule has 2 aromatic rings. The van der Waals surface area contributed by atoms with E-state index in [-0.39, 0.29) is 12.3 Å². The number of nitrogens with zero attached hydrogens (tertiary/aromatic N) is 3. The van der Waals surface area contributed by atoms with Gasteiger partial charge in [0.1, 0.15) is 0 Å². The van der Waals surface area contributed by atoms with E-state index in [0.717, 1.165) is 54.6 Å². The first-order valence-electron chi connectivity index (χ1n) is 8.73. The SMILES string of the molecule is CCc1cc2ncc(CN3CCC(B(C)C#N)CC3)cc2[nH]c1=O. The molecular formula is C18H23BN4O. The predicted molar refractivity (Wildman–Crippen MR) is 97.2 cm³/mol. The Morgan fingerprint density at radius 2 is 2.17 bits per heavy atom. The fraction of sp³-hybridized carbons (Fsp3) is 0.500. The Morgan fingerprint density at radius 3 is 2.83 bits per heavy atom. The van der Waals surface area contributed by atoms with Gasteiger partial charge >= 0.3 is 0 Å². The number of rotatable bonds is 4. The van der Waals surface area contributed by atoms with Crippen LogP contribution in [0.5, 0.6) is 0 Å². The molecule has 1 fully saturated rings. The molecule has 124 valence electrons. The second-order valence-electron chi connectivity index (χ2n) is 6.78. The number of aromatic amines is 1. The molecule has 0 unspecified atom stereocenters. The van der Waals surface area contributed by atoms with E-state index in [0.29, 0.717) is 12.2 Å². The zero-order chi connectivity index (χ0) is 17.1. The second-order valence-corrected chi connectivity index (χ2v) is 6.78. The first-order chi connectivity index (χ1) is 11.6. The lowest BCUT2D eigenvalue weighted by Crippen LogP contribution is -2.35. The highest BCUT2D eigenvalue weighted by Crippen LogP contribution is 2.26. The Bertz CT molecular complexity index is 818. The monoisotopic (exact) mass is 322 g/mol. The molecule has 0 bridgehead atoms. The fourth-order valence-electron chi connectivity index (χ4n) is 3.49. The fourth-order valence-corrected chi connectivity index (χ4v) is 3.49. The van der Waals surface area contributed by atoms with Gasteiger partial charge in [-0.2, -0.15) is 0 Å². The van der Waals surface area contributed by atoms with Gasteiger partial charge in [-0.25, -0.2) is 5.26 Å². The zero-order valence-electron chi connectivity index (χ0n) is 14.4. The van der Waals surface area contributed by atoms with Gasteiger partial charge in [-0.1, -0.05) is 13.7 Å². The molecule has 0 saturated carbocycles. The lowest BCUT2D eigenvalue weighted by Gasteiger charge is -2.32. The lowest BCUT2D eigenvalue weighted by molar-refractivity contribution is 0.220. The number of aromatic nitrogens is 2. The third kappa shape index (κ3) is 3.52. The maximum atomic E-state index is 12.0. The molecule has 0 aromatic carbocycles. The van der Waals surface area contributed by atoms with E-state index < -0.39 is 0 Å². The molecule has 0 atom stereocenters. The van der Waals surface area contributed by atoms with Crippen LogP contribution < -0.4 is 5.56 Å². The van der Waals surface area contributed by atoms with Crippen LogP contribution in [0.4, 0.5) is 0 Å². The van der Waals surface area contributed by atoms with Crippen LogP contribution in [0.2, 0.25) is 12.6 Å². The highest BCUT2D eigenvalue weighted by atomic mass is 16.1. The summed E-state index contributed by atoms with van der Waals surface area (Å²) in [5, 5.41) is 9.05. The highest BCUT2D eigenvalue weighted by molar-refractivity contribution is 6.67. The maximum absolute atomic E-state index is 12.0. The van der Waals surface area contributed by atoms with E-state index in [1.54, 1.807) is 0 Å². The number of nitriles is 1. The number of pyridine rings is 2. The minimum Gasteiger partial charge on any atom is -0.320 e. The van der Waals surface area contributed by atoms with Crippen molar-refractivity contribution in [2.24, 2.45) is 0 Å². The van der Waals surface area contributed by atoms with Crippen LogP contribution in [0.3, 0.4) is 0 Å². The topological polar surface area (TPSA) is 72.8 Å². The number of hydrogen-bond donors (Lipinski definition) is 1. The van der Waals surface area contributed by atoms with Crippen molar-refractivity contribution in [3.8, 4) is 5.97 Å². The van der Waals surface area contributed by atoms with Gasteiger partial charge in [-0.3, -0.25) is 14.7 Å². The van der Waals surface area contributed by atoms with E-state index in [1.165, 1.54) is 0 Å². The van der Waals surface area contributed by atoms with Crippen LogP contribution in [0.1, 0.15) is 30.9 Å². The standard InChI is InChI=1S/C18H23BN4O/c1-3-14-9-16-17(22-18(14)24)8-13(10-21-16)11-23-6-4-15(5-7-23)19(2)12-20/h8-10,15H,3-7,11H2,1-2H3,(H,22,24). The van der Waals surface area contributed by atoms with E-state index in [1.807, 2.05) is 32.1 Å². The van der Waals surface area contributed by atoms with Gasteiger partial charge in [0.25, 0.3) is 12.3 Å². The molecule has 3 rings (SSSR count). The van der Waals surface area contributed by atoms with E-state index in [2.05, 4.69) is 20.8 Å². The smallest absolute Gasteiger partial charge is 0.267 e. The van der Waals surface area contributed by atoms with Gasteiger partial charge in [-0.05, 0) is 55.9 Å². The van der Waals surface area contributed by atoms with Gasteiger partial charge in [0.05, 0.1) is 11.0 Å². The minimum absolute atomic E-state index is 0.0183. The van der Waals surface area contributed by atoms with Crippen molar-refractivity contribution >= 4 is 17.7 Å². The number of aryl methyl sites for hydroxylation is 1. The molecule has 1 aliphatic heterocycles. The molecule has 1 N–H and O–H groups in total. The zero-order valence-corrected chi connectivity index (χ0v) is 14.4. The first kappa shape index (κ1) is 16.7. The number of fused-ring (bicyclic) bond motifs is 1. The third-order valence-electron chi connectivity index (χ3n) is 5.16. The Morgan fingerprint density at radius 1 is 1.42 bits per heavy atom. The molecule has 2 aromatic heterocycles. The van der Waals surface area contributed by atoms with E-state index in [9.17, 15) is 4.79 Å². The summed E-state index contributed by atoms with van der Waals surface area (Å²) in [6.45, 7) is 7.01.